The van der Waals surface area contributed by atoms with Gasteiger partial charge in [-0.15, -0.1) is 0 Å². The highest BCUT2D eigenvalue weighted by Crippen LogP contribution is 2.32. The van der Waals surface area contributed by atoms with Crippen molar-refractivity contribution in [2.45, 2.75) is 32.2 Å². The van der Waals surface area contributed by atoms with Crippen LogP contribution >= 0.6 is 15.9 Å². The normalized spacial score (nSPS) is 23.2. The van der Waals surface area contributed by atoms with Crippen LogP contribution in [0.3, 0.4) is 0 Å². The molecule has 1 aliphatic rings. The molecule has 116 valence electrons. The van der Waals surface area contributed by atoms with Gasteiger partial charge in [0.05, 0.1) is 23.3 Å². The summed E-state index contributed by atoms with van der Waals surface area (Å²) in [5.41, 5.74) is -0.811. The molecular formula is C14H15BrF3NO2. The number of morpholine rings is 1. The van der Waals surface area contributed by atoms with Gasteiger partial charge < -0.3 is 9.64 Å². The van der Waals surface area contributed by atoms with Crippen LogP contribution in [0.4, 0.5) is 13.2 Å². The molecule has 0 aromatic heterocycles. The number of nitrogens with zero attached hydrogens (tertiary/aromatic N) is 1. The fraction of sp³-hybridized carbons (Fsp3) is 0.500. The zero-order valence-corrected chi connectivity index (χ0v) is 13.2. The second-order valence-corrected chi connectivity index (χ2v) is 6.01. The number of carbonyl (C=O) groups excluding carboxylic acids is 1. The van der Waals surface area contributed by atoms with E-state index in [9.17, 15) is 18.0 Å². The Hall–Kier alpha value is -1.08. The van der Waals surface area contributed by atoms with E-state index in [0.29, 0.717) is 17.6 Å². The van der Waals surface area contributed by atoms with E-state index in [1.807, 2.05) is 13.8 Å². The molecule has 1 heterocycles. The molecule has 2 atom stereocenters. The lowest BCUT2D eigenvalue weighted by atomic mass is 10.1. The molecule has 21 heavy (non-hydrogen) atoms. The largest absolute Gasteiger partial charge is 0.416 e. The van der Waals surface area contributed by atoms with Crippen molar-refractivity contribution < 1.29 is 22.7 Å². The van der Waals surface area contributed by atoms with Gasteiger partial charge in [-0.2, -0.15) is 13.2 Å². The fourth-order valence-electron chi connectivity index (χ4n) is 2.38. The van der Waals surface area contributed by atoms with Gasteiger partial charge >= 0.3 is 6.18 Å². The Kier molecular flexibility index (Phi) is 4.63. The minimum absolute atomic E-state index is 0.0196. The van der Waals surface area contributed by atoms with Crippen LogP contribution in [-0.4, -0.2) is 36.1 Å². The van der Waals surface area contributed by atoms with Crippen LogP contribution < -0.4 is 0 Å². The zero-order chi connectivity index (χ0) is 15.8. The Bertz CT molecular complexity index is 538. The number of rotatable bonds is 1. The van der Waals surface area contributed by atoms with E-state index in [2.05, 4.69) is 15.9 Å². The summed E-state index contributed by atoms with van der Waals surface area (Å²) in [6, 6.07) is 3.09. The maximum Gasteiger partial charge on any atom is 0.416 e. The minimum atomic E-state index is -4.47. The van der Waals surface area contributed by atoms with E-state index in [1.54, 1.807) is 0 Å². The van der Waals surface area contributed by atoms with E-state index in [-0.39, 0.29) is 17.8 Å². The molecule has 0 saturated carbocycles. The number of hydrogen-bond acceptors (Lipinski definition) is 2. The van der Waals surface area contributed by atoms with E-state index in [0.717, 1.165) is 12.1 Å². The van der Waals surface area contributed by atoms with Crippen LogP contribution in [0, 0.1) is 0 Å². The van der Waals surface area contributed by atoms with Crippen molar-refractivity contribution in [3.63, 3.8) is 0 Å². The maximum absolute atomic E-state index is 12.8. The average Bonchev–Trinajstić information content (AvgIpc) is 2.36. The van der Waals surface area contributed by atoms with Crippen molar-refractivity contribution in [3.05, 3.63) is 33.8 Å². The van der Waals surface area contributed by atoms with E-state index < -0.39 is 17.6 Å². The van der Waals surface area contributed by atoms with Crippen LogP contribution in [0.15, 0.2) is 22.7 Å². The molecule has 2 rings (SSSR count). The standard InChI is InChI=1S/C14H15BrF3NO2/c1-8-6-19(7-9(2)21-8)13(20)11-5-10(14(16,17)18)3-4-12(11)15/h3-5,8-9H,6-7H2,1-2H3. The monoisotopic (exact) mass is 365 g/mol. The van der Waals surface area contributed by atoms with Gasteiger partial charge in [0.15, 0.2) is 0 Å². The molecule has 0 spiro atoms. The molecule has 0 N–H and O–H groups in total. The predicted octanol–water partition coefficient (Wildman–Crippen LogP) is 3.72. The van der Waals surface area contributed by atoms with Crippen molar-refractivity contribution in [2.24, 2.45) is 0 Å². The van der Waals surface area contributed by atoms with Crippen molar-refractivity contribution >= 4 is 21.8 Å². The van der Waals surface area contributed by atoms with Gasteiger partial charge in [0.2, 0.25) is 0 Å². The second kappa shape index (κ2) is 5.96. The summed E-state index contributed by atoms with van der Waals surface area (Å²) in [5.74, 6) is -0.421. The second-order valence-electron chi connectivity index (χ2n) is 5.16. The van der Waals surface area contributed by atoms with Crippen molar-refractivity contribution in [3.8, 4) is 0 Å². The highest BCUT2D eigenvalue weighted by molar-refractivity contribution is 9.10. The molecule has 7 heteroatoms. The third-order valence-electron chi connectivity index (χ3n) is 3.23. The molecule has 1 aromatic carbocycles. The van der Waals surface area contributed by atoms with Crippen LogP contribution in [0.2, 0.25) is 0 Å². The molecule has 1 aliphatic heterocycles. The fourth-order valence-corrected chi connectivity index (χ4v) is 2.80. The highest BCUT2D eigenvalue weighted by atomic mass is 79.9. The van der Waals surface area contributed by atoms with Crippen molar-refractivity contribution in [1.82, 2.24) is 4.90 Å². The first-order chi connectivity index (χ1) is 9.68. The first kappa shape index (κ1) is 16.3. The summed E-state index contributed by atoms with van der Waals surface area (Å²) in [4.78, 5) is 14.0. The number of benzene rings is 1. The molecule has 1 fully saturated rings. The summed E-state index contributed by atoms with van der Waals surface area (Å²) in [5, 5.41) is 0. The number of carbonyl (C=O) groups is 1. The molecule has 1 aromatic rings. The Labute approximate surface area is 129 Å². The Balaban J connectivity index is 2.30. The number of ether oxygens (including phenoxy) is 1. The predicted molar refractivity (Wildman–Crippen MR) is 75.1 cm³/mol. The molecule has 0 radical (unpaired) electrons. The summed E-state index contributed by atoms with van der Waals surface area (Å²) in [7, 11) is 0. The average molecular weight is 366 g/mol. The van der Waals surface area contributed by atoms with Gasteiger partial charge in [-0.25, -0.2) is 0 Å². The quantitative estimate of drug-likeness (QED) is 0.758. The first-order valence-electron chi connectivity index (χ1n) is 6.50. The Morgan fingerprint density at radius 1 is 1.29 bits per heavy atom. The third kappa shape index (κ3) is 3.77. The zero-order valence-electron chi connectivity index (χ0n) is 11.6. The number of halogens is 4. The van der Waals surface area contributed by atoms with E-state index in [4.69, 9.17) is 4.74 Å². The van der Waals surface area contributed by atoms with Crippen LogP contribution in [0.1, 0.15) is 29.8 Å². The van der Waals surface area contributed by atoms with E-state index in [1.165, 1.54) is 11.0 Å². The number of hydrogen-bond donors (Lipinski definition) is 0. The summed E-state index contributed by atoms with van der Waals surface area (Å²) in [6.45, 7) is 4.39. The molecular weight excluding hydrogens is 351 g/mol. The molecule has 1 saturated heterocycles. The molecule has 1 amide bonds. The van der Waals surface area contributed by atoms with Crippen LogP contribution in [0.25, 0.3) is 0 Å². The lowest BCUT2D eigenvalue weighted by Gasteiger charge is -2.35. The maximum atomic E-state index is 12.8. The molecule has 3 nitrogen and oxygen atoms in total. The lowest BCUT2D eigenvalue weighted by molar-refractivity contribution is -0.137. The first-order valence-corrected chi connectivity index (χ1v) is 7.29. The molecule has 0 bridgehead atoms. The summed E-state index contributed by atoms with van der Waals surface area (Å²) < 4.78 is 44.2. The van der Waals surface area contributed by atoms with Gasteiger partial charge in [-0.05, 0) is 48.0 Å². The summed E-state index contributed by atoms with van der Waals surface area (Å²) in [6.07, 6.45) is -4.74. The minimum Gasteiger partial charge on any atom is -0.372 e. The third-order valence-corrected chi connectivity index (χ3v) is 3.92. The van der Waals surface area contributed by atoms with Crippen molar-refractivity contribution in [2.75, 3.05) is 13.1 Å². The van der Waals surface area contributed by atoms with Crippen molar-refractivity contribution in [1.29, 1.82) is 0 Å². The van der Waals surface area contributed by atoms with Gasteiger partial charge in [-0.1, -0.05) is 0 Å². The van der Waals surface area contributed by atoms with Gasteiger partial charge in [0.1, 0.15) is 0 Å². The Morgan fingerprint density at radius 3 is 2.38 bits per heavy atom. The lowest BCUT2D eigenvalue weighted by Crippen LogP contribution is -2.48. The number of alkyl halides is 3. The SMILES string of the molecule is CC1CN(C(=O)c2cc(C(F)(F)F)ccc2Br)CC(C)O1. The van der Waals surface area contributed by atoms with Gasteiger partial charge in [-0.3, -0.25) is 4.79 Å². The van der Waals surface area contributed by atoms with Crippen LogP contribution in [-0.2, 0) is 10.9 Å². The number of amides is 1. The topological polar surface area (TPSA) is 29.5 Å². The smallest absolute Gasteiger partial charge is 0.372 e. The van der Waals surface area contributed by atoms with Crippen LogP contribution in [0.5, 0.6) is 0 Å². The van der Waals surface area contributed by atoms with Gasteiger partial charge in [0.25, 0.3) is 5.91 Å². The highest BCUT2D eigenvalue weighted by Gasteiger charge is 2.33. The molecule has 0 aliphatic carbocycles. The van der Waals surface area contributed by atoms with Gasteiger partial charge in [0, 0.05) is 17.6 Å². The Morgan fingerprint density at radius 2 is 1.86 bits per heavy atom. The molecule has 2 unspecified atom stereocenters. The van der Waals surface area contributed by atoms with E-state index >= 15 is 0 Å². The summed E-state index contributed by atoms with van der Waals surface area (Å²) >= 11 is 3.15.